The van der Waals surface area contributed by atoms with Gasteiger partial charge in [-0.1, -0.05) is 47.6 Å². The molecule has 1 aromatic heterocycles. The molecule has 5 nitrogen and oxygen atoms in total. The van der Waals surface area contributed by atoms with E-state index in [2.05, 4.69) is 15.5 Å². The fourth-order valence-corrected chi connectivity index (χ4v) is 2.99. The zero-order chi connectivity index (χ0) is 17.8. The summed E-state index contributed by atoms with van der Waals surface area (Å²) in [5, 5.41) is 11.5. The fourth-order valence-electron chi connectivity index (χ4n) is 2.14. The molecule has 1 N–H and O–H groups in total. The van der Waals surface area contributed by atoms with Gasteiger partial charge in [0, 0.05) is 16.3 Å². The summed E-state index contributed by atoms with van der Waals surface area (Å²) in [6, 6.07) is 14.9. The Bertz CT molecular complexity index is 883. The van der Waals surface area contributed by atoms with Crippen LogP contribution in [0.25, 0.3) is 11.5 Å². The summed E-state index contributed by atoms with van der Waals surface area (Å²) in [6.07, 6.45) is 0. The third-order valence-electron chi connectivity index (χ3n) is 3.60. The maximum absolute atomic E-state index is 12.4. The van der Waals surface area contributed by atoms with Crippen LogP contribution in [-0.2, 0) is 4.79 Å². The summed E-state index contributed by atoms with van der Waals surface area (Å²) < 4.78 is 5.62. The van der Waals surface area contributed by atoms with Crippen LogP contribution in [0.1, 0.15) is 12.5 Å². The molecule has 25 heavy (non-hydrogen) atoms. The van der Waals surface area contributed by atoms with Crippen LogP contribution >= 0.6 is 23.4 Å². The molecule has 0 radical (unpaired) electrons. The number of hydrogen-bond acceptors (Lipinski definition) is 5. The second kappa shape index (κ2) is 7.72. The first-order valence-electron chi connectivity index (χ1n) is 7.66. The molecule has 2 aromatic carbocycles. The first-order valence-corrected chi connectivity index (χ1v) is 8.92. The monoisotopic (exact) mass is 373 g/mol. The van der Waals surface area contributed by atoms with Crippen molar-refractivity contribution in [3.8, 4) is 11.5 Å². The molecular weight excluding hydrogens is 358 g/mol. The van der Waals surface area contributed by atoms with Gasteiger partial charge in [-0.05, 0) is 43.7 Å². The highest BCUT2D eigenvalue weighted by molar-refractivity contribution is 8.00. The van der Waals surface area contributed by atoms with E-state index in [1.807, 2.05) is 43.3 Å². The van der Waals surface area contributed by atoms with E-state index in [0.29, 0.717) is 21.8 Å². The van der Waals surface area contributed by atoms with Gasteiger partial charge in [-0.2, -0.15) is 0 Å². The number of aromatic nitrogens is 2. The van der Waals surface area contributed by atoms with Crippen molar-refractivity contribution in [2.75, 3.05) is 5.32 Å². The van der Waals surface area contributed by atoms with Crippen molar-refractivity contribution in [2.45, 2.75) is 24.3 Å². The molecule has 1 unspecified atom stereocenters. The molecule has 1 heterocycles. The van der Waals surface area contributed by atoms with Gasteiger partial charge in [-0.15, -0.1) is 10.2 Å². The van der Waals surface area contributed by atoms with Crippen LogP contribution in [0.15, 0.2) is 58.2 Å². The lowest BCUT2D eigenvalue weighted by molar-refractivity contribution is -0.115. The molecule has 0 fully saturated rings. The standard InChI is InChI=1S/C18H16ClN3O2S/c1-11-14(19)9-6-10-15(11)20-16(23)12(2)25-18-22-21-17(24-18)13-7-4-3-5-8-13/h3-10,12H,1-2H3,(H,20,23). The maximum atomic E-state index is 12.4. The lowest BCUT2D eigenvalue weighted by Crippen LogP contribution is -2.22. The number of carbonyl (C=O) groups is 1. The average Bonchev–Trinajstić information content (AvgIpc) is 3.08. The summed E-state index contributed by atoms with van der Waals surface area (Å²) >= 11 is 7.29. The van der Waals surface area contributed by atoms with Crippen molar-refractivity contribution in [2.24, 2.45) is 0 Å². The van der Waals surface area contributed by atoms with Crippen LogP contribution in [0.4, 0.5) is 5.69 Å². The van der Waals surface area contributed by atoms with Crippen LogP contribution in [0.2, 0.25) is 5.02 Å². The number of nitrogens with zero attached hydrogens (tertiary/aromatic N) is 2. The molecule has 7 heteroatoms. The maximum Gasteiger partial charge on any atom is 0.277 e. The summed E-state index contributed by atoms with van der Waals surface area (Å²) in [5.74, 6) is 0.274. The Morgan fingerprint density at radius 3 is 2.68 bits per heavy atom. The lowest BCUT2D eigenvalue weighted by Gasteiger charge is -2.12. The van der Waals surface area contributed by atoms with Crippen LogP contribution in [-0.4, -0.2) is 21.4 Å². The number of carbonyl (C=O) groups excluding carboxylic acids is 1. The zero-order valence-electron chi connectivity index (χ0n) is 13.7. The third kappa shape index (κ3) is 4.21. The van der Waals surface area contributed by atoms with Crippen molar-refractivity contribution in [3.63, 3.8) is 0 Å². The second-order valence-corrected chi connectivity index (χ2v) is 7.10. The van der Waals surface area contributed by atoms with Gasteiger partial charge in [0.1, 0.15) is 0 Å². The Hall–Kier alpha value is -2.31. The SMILES string of the molecule is Cc1c(Cl)cccc1NC(=O)C(C)Sc1nnc(-c2ccccc2)o1. The molecular formula is C18H16ClN3O2S. The van der Waals surface area contributed by atoms with E-state index in [9.17, 15) is 4.79 Å². The van der Waals surface area contributed by atoms with Crippen LogP contribution in [0, 0.1) is 6.92 Å². The van der Waals surface area contributed by atoms with Crippen LogP contribution in [0.3, 0.4) is 0 Å². The van der Waals surface area contributed by atoms with Gasteiger partial charge < -0.3 is 9.73 Å². The zero-order valence-corrected chi connectivity index (χ0v) is 15.3. The summed E-state index contributed by atoms with van der Waals surface area (Å²) in [7, 11) is 0. The van der Waals surface area contributed by atoms with E-state index in [0.717, 1.165) is 11.1 Å². The van der Waals surface area contributed by atoms with Crippen LogP contribution < -0.4 is 5.32 Å². The lowest BCUT2D eigenvalue weighted by atomic mass is 10.2. The molecule has 0 saturated heterocycles. The average molecular weight is 374 g/mol. The van der Waals surface area contributed by atoms with Crippen molar-refractivity contribution < 1.29 is 9.21 Å². The molecule has 3 aromatic rings. The molecule has 0 spiro atoms. The number of rotatable bonds is 5. The number of amides is 1. The Morgan fingerprint density at radius 1 is 1.16 bits per heavy atom. The summed E-state index contributed by atoms with van der Waals surface area (Å²) in [5.41, 5.74) is 2.37. The quantitative estimate of drug-likeness (QED) is 0.649. The van der Waals surface area contributed by atoms with Gasteiger partial charge in [0.05, 0.1) is 5.25 Å². The largest absolute Gasteiger partial charge is 0.411 e. The highest BCUT2D eigenvalue weighted by Crippen LogP contribution is 2.28. The van der Waals surface area contributed by atoms with Crippen LogP contribution in [0.5, 0.6) is 0 Å². The van der Waals surface area contributed by atoms with E-state index < -0.39 is 5.25 Å². The first kappa shape index (κ1) is 17.5. The number of hydrogen-bond donors (Lipinski definition) is 1. The number of thioether (sulfide) groups is 1. The topological polar surface area (TPSA) is 68.0 Å². The predicted molar refractivity (Wildman–Crippen MR) is 99.9 cm³/mol. The van der Waals surface area contributed by atoms with Crippen molar-refractivity contribution >= 4 is 35.0 Å². The Morgan fingerprint density at radius 2 is 1.92 bits per heavy atom. The molecule has 1 amide bonds. The highest BCUT2D eigenvalue weighted by Gasteiger charge is 2.19. The van der Waals surface area contributed by atoms with Gasteiger partial charge >= 0.3 is 0 Å². The third-order valence-corrected chi connectivity index (χ3v) is 4.94. The molecule has 0 aliphatic carbocycles. The van der Waals surface area contributed by atoms with Crippen molar-refractivity contribution in [1.29, 1.82) is 0 Å². The number of anilines is 1. The van der Waals surface area contributed by atoms with E-state index in [4.69, 9.17) is 16.0 Å². The smallest absolute Gasteiger partial charge is 0.277 e. The molecule has 0 aliphatic heterocycles. The van der Waals surface area contributed by atoms with E-state index in [-0.39, 0.29) is 5.91 Å². The minimum Gasteiger partial charge on any atom is -0.411 e. The molecule has 0 aliphatic rings. The minimum atomic E-state index is -0.401. The van der Waals surface area contributed by atoms with Crippen molar-refractivity contribution in [1.82, 2.24) is 10.2 Å². The highest BCUT2D eigenvalue weighted by atomic mass is 35.5. The summed E-state index contributed by atoms with van der Waals surface area (Å²) in [4.78, 5) is 12.4. The van der Waals surface area contributed by atoms with Gasteiger partial charge in [0.25, 0.3) is 5.22 Å². The molecule has 0 bridgehead atoms. The van der Waals surface area contributed by atoms with E-state index in [1.165, 1.54) is 11.8 Å². The molecule has 3 rings (SSSR count). The Labute approximate surface area is 154 Å². The minimum absolute atomic E-state index is 0.158. The van der Waals surface area contributed by atoms with Gasteiger partial charge in [-0.3, -0.25) is 4.79 Å². The second-order valence-electron chi connectivity index (χ2n) is 5.40. The van der Waals surface area contributed by atoms with Gasteiger partial charge in [0.2, 0.25) is 11.8 Å². The number of nitrogens with one attached hydrogen (secondary N) is 1. The molecule has 128 valence electrons. The van der Waals surface area contributed by atoms with Gasteiger partial charge in [0.15, 0.2) is 0 Å². The summed E-state index contributed by atoms with van der Waals surface area (Å²) in [6.45, 7) is 3.65. The normalized spacial score (nSPS) is 12.0. The fraction of sp³-hybridized carbons (Fsp3) is 0.167. The number of benzene rings is 2. The molecule has 0 saturated carbocycles. The Balaban J connectivity index is 1.66. The van der Waals surface area contributed by atoms with Gasteiger partial charge in [-0.25, -0.2) is 0 Å². The van der Waals surface area contributed by atoms with E-state index >= 15 is 0 Å². The predicted octanol–water partition coefficient (Wildman–Crippen LogP) is 4.82. The number of halogens is 1. The molecule has 1 atom stereocenters. The van der Waals surface area contributed by atoms with E-state index in [1.54, 1.807) is 19.1 Å². The Kier molecular flexibility index (Phi) is 5.40. The van der Waals surface area contributed by atoms with Crippen molar-refractivity contribution in [3.05, 3.63) is 59.1 Å². The first-order chi connectivity index (χ1) is 12.0.